The summed E-state index contributed by atoms with van der Waals surface area (Å²) in [6.45, 7) is 0.111. The number of amides is 2. The third kappa shape index (κ3) is 5.87. The number of nitrogens with zero attached hydrogens (tertiary/aromatic N) is 1. The van der Waals surface area contributed by atoms with Gasteiger partial charge in [0.15, 0.2) is 0 Å². The van der Waals surface area contributed by atoms with Crippen molar-refractivity contribution in [2.45, 2.75) is 24.0 Å². The Labute approximate surface area is 184 Å². The van der Waals surface area contributed by atoms with Crippen molar-refractivity contribution in [3.8, 4) is 0 Å². The van der Waals surface area contributed by atoms with Crippen LogP contribution >= 0.6 is 0 Å². The molecular formula is C21H23F2N3O5S. The maximum Gasteiger partial charge on any atom is 0.309 e. The molecular weight excluding hydrogens is 444 g/mol. The minimum Gasteiger partial charge on any atom is -0.360 e. The second kappa shape index (κ2) is 10.6. The molecule has 8 nitrogen and oxygen atoms in total. The average molecular weight is 467 g/mol. The third-order valence-electron chi connectivity index (χ3n) is 4.82. The molecule has 32 heavy (non-hydrogen) atoms. The van der Waals surface area contributed by atoms with E-state index in [1.54, 1.807) is 0 Å². The van der Waals surface area contributed by atoms with Crippen LogP contribution in [0, 0.1) is 11.6 Å². The van der Waals surface area contributed by atoms with Crippen LogP contribution in [0.4, 0.5) is 8.78 Å². The molecule has 0 saturated carbocycles. The zero-order valence-electron chi connectivity index (χ0n) is 17.1. The van der Waals surface area contributed by atoms with Crippen molar-refractivity contribution in [3.05, 3.63) is 65.7 Å². The number of hydrogen-bond acceptors (Lipinski definition) is 5. The van der Waals surface area contributed by atoms with Crippen molar-refractivity contribution in [2.24, 2.45) is 0 Å². The Morgan fingerprint density at radius 2 is 1.78 bits per heavy atom. The number of ether oxygens (including phenoxy) is 1. The zero-order valence-corrected chi connectivity index (χ0v) is 17.9. The average Bonchev–Trinajstić information content (AvgIpc) is 2.79. The van der Waals surface area contributed by atoms with Crippen molar-refractivity contribution in [3.63, 3.8) is 0 Å². The number of carbonyl (C=O) groups excluding carboxylic acids is 2. The van der Waals surface area contributed by atoms with Crippen molar-refractivity contribution in [1.82, 2.24) is 14.9 Å². The molecule has 2 aromatic carbocycles. The van der Waals surface area contributed by atoms with Gasteiger partial charge in [-0.3, -0.25) is 9.59 Å². The van der Waals surface area contributed by atoms with Crippen molar-refractivity contribution in [2.75, 3.05) is 26.2 Å². The molecule has 0 aromatic heterocycles. The van der Waals surface area contributed by atoms with Gasteiger partial charge in [-0.05, 0) is 36.6 Å². The van der Waals surface area contributed by atoms with E-state index in [2.05, 4.69) is 10.6 Å². The number of nitrogens with one attached hydrogen (secondary N) is 2. The smallest absolute Gasteiger partial charge is 0.309 e. The summed E-state index contributed by atoms with van der Waals surface area (Å²) in [7, 11) is -4.44. The molecule has 1 saturated heterocycles. The molecule has 0 spiro atoms. The number of halogens is 2. The molecule has 2 N–H and O–H groups in total. The molecule has 0 radical (unpaired) electrons. The summed E-state index contributed by atoms with van der Waals surface area (Å²) in [4.78, 5) is 23.3. The second-order valence-electron chi connectivity index (χ2n) is 7.07. The summed E-state index contributed by atoms with van der Waals surface area (Å²) in [5.74, 6) is -3.83. The van der Waals surface area contributed by atoms with E-state index < -0.39 is 44.6 Å². The largest absolute Gasteiger partial charge is 0.360 e. The molecule has 0 bridgehead atoms. The molecule has 0 unspecified atom stereocenters. The monoisotopic (exact) mass is 467 g/mol. The first-order valence-electron chi connectivity index (χ1n) is 9.97. The van der Waals surface area contributed by atoms with Crippen molar-refractivity contribution >= 4 is 21.8 Å². The van der Waals surface area contributed by atoms with E-state index in [1.165, 1.54) is 0 Å². The van der Waals surface area contributed by atoms with Gasteiger partial charge in [-0.15, -0.1) is 0 Å². The van der Waals surface area contributed by atoms with Gasteiger partial charge in [0.2, 0.25) is 10.0 Å². The van der Waals surface area contributed by atoms with Crippen LogP contribution in [-0.2, 0) is 30.8 Å². The van der Waals surface area contributed by atoms with Gasteiger partial charge in [0.25, 0.3) is 0 Å². The van der Waals surface area contributed by atoms with E-state index >= 15 is 0 Å². The predicted octanol–water partition coefficient (Wildman–Crippen LogP) is 1.18. The summed E-state index contributed by atoms with van der Waals surface area (Å²) in [6, 6.07) is 11.5. The minimum atomic E-state index is -4.44. The van der Waals surface area contributed by atoms with Gasteiger partial charge in [0.1, 0.15) is 22.8 Å². The third-order valence-corrected chi connectivity index (χ3v) is 6.72. The lowest BCUT2D eigenvalue weighted by molar-refractivity contribution is -0.140. The van der Waals surface area contributed by atoms with E-state index in [4.69, 9.17) is 4.74 Å². The summed E-state index contributed by atoms with van der Waals surface area (Å²) in [5, 5.41) is 4.82. The van der Waals surface area contributed by atoms with Crippen LogP contribution in [-0.4, -0.2) is 57.0 Å². The van der Waals surface area contributed by atoms with Gasteiger partial charge < -0.3 is 15.4 Å². The van der Waals surface area contributed by atoms with E-state index in [1.807, 2.05) is 30.3 Å². The van der Waals surface area contributed by atoms with Crippen LogP contribution in [0.3, 0.4) is 0 Å². The Bertz CT molecular complexity index is 1070. The Kier molecular flexibility index (Phi) is 7.89. The zero-order chi connectivity index (χ0) is 23.1. The summed E-state index contributed by atoms with van der Waals surface area (Å²) in [6.07, 6.45) is -0.297. The summed E-state index contributed by atoms with van der Waals surface area (Å²) >= 11 is 0. The quantitative estimate of drug-likeness (QED) is 0.595. The number of benzene rings is 2. The molecule has 0 aliphatic carbocycles. The molecule has 1 heterocycles. The number of carbonyl (C=O) groups is 2. The molecule has 3 rings (SSSR count). The first kappa shape index (κ1) is 23.8. The minimum absolute atomic E-state index is 0.0118. The van der Waals surface area contributed by atoms with Crippen molar-refractivity contribution in [1.29, 1.82) is 0 Å². The van der Waals surface area contributed by atoms with Gasteiger partial charge in [-0.1, -0.05) is 30.3 Å². The Morgan fingerprint density at radius 1 is 1.06 bits per heavy atom. The lowest BCUT2D eigenvalue weighted by Crippen LogP contribution is -2.53. The Balaban J connectivity index is 1.58. The fourth-order valence-electron chi connectivity index (χ4n) is 3.21. The lowest BCUT2D eigenvalue weighted by Gasteiger charge is -2.34. The van der Waals surface area contributed by atoms with Gasteiger partial charge in [0.05, 0.1) is 13.2 Å². The number of hydrogen-bond donors (Lipinski definition) is 2. The fourth-order valence-corrected chi connectivity index (χ4v) is 4.85. The van der Waals surface area contributed by atoms with Gasteiger partial charge in [-0.25, -0.2) is 17.2 Å². The number of sulfonamides is 1. The van der Waals surface area contributed by atoms with Gasteiger partial charge >= 0.3 is 11.8 Å². The molecule has 1 aliphatic rings. The topological polar surface area (TPSA) is 105 Å². The maximum atomic E-state index is 14.1. The van der Waals surface area contributed by atoms with E-state index in [0.29, 0.717) is 18.9 Å². The molecule has 11 heteroatoms. The van der Waals surface area contributed by atoms with E-state index in [-0.39, 0.29) is 26.2 Å². The first-order valence-corrected chi connectivity index (χ1v) is 11.4. The molecule has 1 fully saturated rings. The SMILES string of the molecule is O=C(NCCc1ccccc1)C(=O)NC[C@H]1OCCCN1S(=O)(=O)c1cc(F)ccc1F. The molecule has 1 atom stereocenters. The van der Waals surface area contributed by atoms with Crippen LogP contribution in [0.2, 0.25) is 0 Å². The second-order valence-corrected chi connectivity index (χ2v) is 8.93. The molecule has 2 aromatic rings. The highest BCUT2D eigenvalue weighted by molar-refractivity contribution is 7.89. The standard InChI is InChI=1S/C21H23F2N3O5S/c22-16-7-8-17(23)18(13-16)32(29,30)26-11-4-12-31-19(26)14-25-21(28)20(27)24-10-9-15-5-2-1-3-6-15/h1-3,5-8,13,19H,4,9-12,14H2,(H,24,27)(H,25,28)/t19-/m1/s1. The molecule has 1 aliphatic heterocycles. The Morgan fingerprint density at radius 3 is 2.53 bits per heavy atom. The Hall–Kier alpha value is -2.89. The van der Waals surface area contributed by atoms with Crippen LogP contribution in [0.1, 0.15) is 12.0 Å². The highest BCUT2D eigenvalue weighted by Gasteiger charge is 2.36. The highest BCUT2D eigenvalue weighted by atomic mass is 32.2. The van der Waals surface area contributed by atoms with Crippen LogP contribution in [0.25, 0.3) is 0 Å². The van der Waals surface area contributed by atoms with Crippen LogP contribution in [0.15, 0.2) is 53.4 Å². The van der Waals surface area contributed by atoms with Crippen LogP contribution < -0.4 is 10.6 Å². The van der Waals surface area contributed by atoms with E-state index in [0.717, 1.165) is 22.0 Å². The van der Waals surface area contributed by atoms with Crippen LogP contribution in [0.5, 0.6) is 0 Å². The van der Waals surface area contributed by atoms with E-state index in [9.17, 15) is 26.8 Å². The maximum absolute atomic E-state index is 14.1. The number of rotatable bonds is 7. The van der Waals surface area contributed by atoms with Gasteiger partial charge in [-0.2, -0.15) is 4.31 Å². The summed E-state index contributed by atoms with van der Waals surface area (Å²) in [5.41, 5.74) is 0.995. The highest BCUT2D eigenvalue weighted by Crippen LogP contribution is 2.24. The van der Waals surface area contributed by atoms with Crippen molar-refractivity contribution < 1.29 is 31.5 Å². The summed E-state index contributed by atoms with van der Waals surface area (Å²) < 4.78 is 59.6. The fraction of sp³-hybridized carbons (Fsp3) is 0.333. The normalized spacial score (nSPS) is 17.0. The molecule has 172 valence electrons. The lowest BCUT2D eigenvalue weighted by atomic mass is 10.1. The molecule has 2 amide bonds. The first-order chi connectivity index (χ1) is 15.3. The van der Waals surface area contributed by atoms with Gasteiger partial charge in [0, 0.05) is 13.1 Å². The predicted molar refractivity (Wildman–Crippen MR) is 111 cm³/mol.